The summed E-state index contributed by atoms with van der Waals surface area (Å²) in [6.45, 7) is 6.40. The number of aliphatic hydroxyl groups is 1. The summed E-state index contributed by atoms with van der Waals surface area (Å²) in [5.41, 5.74) is 7.59. The lowest BCUT2D eigenvalue weighted by Gasteiger charge is -2.30. The summed E-state index contributed by atoms with van der Waals surface area (Å²) in [4.78, 5) is 52.4. The molecule has 5 atom stereocenters. The fraction of sp³-hybridized carbons (Fsp3) is 0.688. The largest absolute Gasteiger partial charge is 0.444 e. The van der Waals surface area contributed by atoms with Gasteiger partial charge in [0.05, 0.1) is 12.1 Å². The Balaban J connectivity index is 2.02. The number of likely N-dealkylation sites (N-methyl/N-ethyl adjacent to an activating group) is 1. The Morgan fingerprint density at radius 2 is 1.71 bits per heavy atom. The first-order chi connectivity index (χ1) is 21.2. The van der Waals surface area contributed by atoms with Crippen LogP contribution in [0.25, 0.3) is 0 Å². The average molecular weight is 636 g/mol. The van der Waals surface area contributed by atoms with Gasteiger partial charge >= 0.3 is 6.09 Å². The molecular formula is C32H53N5O8. The van der Waals surface area contributed by atoms with Crippen LogP contribution in [0.5, 0.6) is 0 Å². The predicted molar refractivity (Wildman–Crippen MR) is 169 cm³/mol. The van der Waals surface area contributed by atoms with Gasteiger partial charge in [-0.05, 0) is 77.3 Å². The van der Waals surface area contributed by atoms with E-state index in [2.05, 4.69) is 28.1 Å². The molecule has 0 heterocycles. The fourth-order valence-electron chi connectivity index (χ4n) is 5.20. The van der Waals surface area contributed by atoms with Crippen molar-refractivity contribution in [2.75, 3.05) is 21.3 Å². The van der Waals surface area contributed by atoms with Gasteiger partial charge in [0.2, 0.25) is 11.8 Å². The van der Waals surface area contributed by atoms with E-state index in [4.69, 9.17) is 19.9 Å². The van der Waals surface area contributed by atoms with Gasteiger partial charge in [0, 0.05) is 40.2 Å². The van der Waals surface area contributed by atoms with Crippen molar-refractivity contribution in [1.82, 2.24) is 20.9 Å². The SMILES string of the molecule is COC(CCC(CCCC(=O)N[C@@H]1CCCc2ccccc21)NC(=O)[C@@H](NC(=O)[C@H](N)N(C)C(=O)OC(C)(C)C)[C@H](C)O)OC. The topological polar surface area (TPSA) is 182 Å². The van der Waals surface area contributed by atoms with Crippen LogP contribution in [0.3, 0.4) is 0 Å². The van der Waals surface area contributed by atoms with E-state index in [1.807, 2.05) is 12.1 Å². The Bertz CT molecular complexity index is 1120. The molecule has 45 heavy (non-hydrogen) atoms. The second kappa shape index (κ2) is 18.0. The van der Waals surface area contributed by atoms with Crippen molar-refractivity contribution in [2.45, 2.75) is 121 Å². The van der Waals surface area contributed by atoms with Crippen LogP contribution in [-0.4, -0.2) is 91.3 Å². The van der Waals surface area contributed by atoms with Crippen molar-refractivity contribution in [2.24, 2.45) is 5.73 Å². The zero-order valence-corrected chi connectivity index (χ0v) is 27.8. The highest BCUT2D eigenvalue weighted by Crippen LogP contribution is 2.29. The molecule has 1 unspecified atom stereocenters. The first-order valence-corrected chi connectivity index (χ1v) is 15.6. The number of aliphatic hydroxyl groups excluding tert-OH is 1. The number of aryl methyl sites for hydroxylation is 1. The fourth-order valence-corrected chi connectivity index (χ4v) is 5.20. The molecule has 0 spiro atoms. The van der Waals surface area contributed by atoms with Crippen LogP contribution in [0, 0.1) is 0 Å². The van der Waals surface area contributed by atoms with E-state index in [0.717, 1.165) is 29.7 Å². The van der Waals surface area contributed by atoms with Gasteiger partial charge in [-0.2, -0.15) is 0 Å². The van der Waals surface area contributed by atoms with Gasteiger partial charge in [0.15, 0.2) is 12.5 Å². The molecule has 0 saturated heterocycles. The maximum Gasteiger partial charge on any atom is 0.411 e. The number of fused-ring (bicyclic) bond motifs is 1. The molecule has 1 aromatic rings. The Hall–Kier alpha value is -3.26. The van der Waals surface area contributed by atoms with Gasteiger partial charge < -0.3 is 41.0 Å². The molecule has 2 rings (SSSR count). The minimum Gasteiger partial charge on any atom is -0.444 e. The first kappa shape index (κ1) is 37.9. The minimum atomic E-state index is -1.47. The maximum atomic E-state index is 13.3. The molecule has 13 heteroatoms. The quantitative estimate of drug-likeness (QED) is 0.170. The molecule has 4 amide bonds. The van der Waals surface area contributed by atoms with Crippen LogP contribution in [0.2, 0.25) is 0 Å². The van der Waals surface area contributed by atoms with Crippen molar-refractivity contribution < 1.29 is 38.5 Å². The summed E-state index contributed by atoms with van der Waals surface area (Å²) >= 11 is 0. The highest BCUT2D eigenvalue weighted by Gasteiger charge is 2.33. The third-order valence-corrected chi connectivity index (χ3v) is 7.71. The first-order valence-electron chi connectivity index (χ1n) is 15.6. The molecule has 1 aromatic carbocycles. The van der Waals surface area contributed by atoms with Crippen molar-refractivity contribution in [3.63, 3.8) is 0 Å². The molecule has 0 radical (unpaired) electrons. The zero-order valence-electron chi connectivity index (χ0n) is 27.8. The van der Waals surface area contributed by atoms with Crippen LogP contribution in [0.4, 0.5) is 4.79 Å². The number of nitrogens with two attached hydrogens (primary N) is 1. The van der Waals surface area contributed by atoms with Gasteiger partial charge in [-0.15, -0.1) is 0 Å². The van der Waals surface area contributed by atoms with E-state index in [-0.39, 0.29) is 18.4 Å². The number of ether oxygens (including phenoxy) is 3. The molecule has 0 aromatic heterocycles. The number of carbonyl (C=O) groups excluding carboxylic acids is 4. The van der Waals surface area contributed by atoms with E-state index < -0.39 is 54.2 Å². The molecule has 254 valence electrons. The molecule has 0 saturated carbocycles. The maximum absolute atomic E-state index is 13.3. The lowest BCUT2D eigenvalue weighted by atomic mass is 9.87. The Labute approximate surface area is 266 Å². The second-order valence-electron chi connectivity index (χ2n) is 12.6. The molecule has 6 N–H and O–H groups in total. The number of amides is 4. The van der Waals surface area contributed by atoms with E-state index in [1.54, 1.807) is 20.8 Å². The molecule has 0 aliphatic heterocycles. The van der Waals surface area contributed by atoms with Crippen LogP contribution >= 0.6 is 0 Å². The normalized spacial score (nSPS) is 17.3. The Morgan fingerprint density at radius 1 is 1.04 bits per heavy atom. The van der Waals surface area contributed by atoms with Gasteiger partial charge in [0.25, 0.3) is 5.91 Å². The lowest BCUT2D eigenvalue weighted by Crippen LogP contribution is -2.60. The van der Waals surface area contributed by atoms with E-state index in [1.165, 1.54) is 33.8 Å². The van der Waals surface area contributed by atoms with Crippen LogP contribution in [0.15, 0.2) is 24.3 Å². The van der Waals surface area contributed by atoms with Gasteiger partial charge in [0.1, 0.15) is 11.6 Å². The summed E-state index contributed by atoms with van der Waals surface area (Å²) < 4.78 is 15.8. The van der Waals surface area contributed by atoms with Gasteiger partial charge in [-0.3, -0.25) is 19.3 Å². The highest BCUT2D eigenvalue weighted by molar-refractivity contribution is 5.91. The third-order valence-electron chi connectivity index (χ3n) is 7.71. The number of rotatable bonds is 16. The van der Waals surface area contributed by atoms with Crippen LogP contribution < -0.4 is 21.7 Å². The molecular weight excluding hydrogens is 582 g/mol. The molecule has 13 nitrogen and oxygen atoms in total. The second-order valence-corrected chi connectivity index (χ2v) is 12.6. The molecule has 1 aliphatic carbocycles. The van der Waals surface area contributed by atoms with Crippen molar-refractivity contribution >= 4 is 23.8 Å². The zero-order chi connectivity index (χ0) is 33.7. The summed E-state index contributed by atoms with van der Waals surface area (Å²) in [5.74, 6) is -1.54. The van der Waals surface area contributed by atoms with Crippen LogP contribution in [0.1, 0.15) is 89.8 Å². The van der Waals surface area contributed by atoms with Crippen molar-refractivity contribution in [3.05, 3.63) is 35.4 Å². The number of nitrogens with zero attached hydrogens (tertiary/aromatic N) is 1. The third kappa shape index (κ3) is 12.6. The molecule has 0 bridgehead atoms. The Kier molecular flexibility index (Phi) is 15.2. The van der Waals surface area contributed by atoms with E-state index >= 15 is 0 Å². The van der Waals surface area contributed by atoms with E-state index in [0.29, 0.717) is 25.7 Å². The van der Waals surface area contributed by atoms with Crippen molar-refractivity contribution in [1.29, 1.82) is 0 Å². The highest BCUT2D eigenvalue weighted by atomic mass is 16.7. The van der Waals surface area contributed by atoms with Crippen molar-refractivity contribution in [3.8, 4) is 0 Å². The summed E-state index contributed by atoms with van der Waals surface area (Å²) in [6.07, 6.45) is 0.997. The molecule has 0 fully saturated rings. The monoisotopic (exact) mass is 635 g/mol. The summed E-state index contributed by atoms with van der Waals surface area (Å²) in [6, 6.07) is 6.38. The number of methoxy groups -OCH3 is 2. The average Bonchev–Trinajstić information content (AvgIpc) is 2.98. The number of hydrogen-bond acceptors (Lipinski definition) is 9. The predicted octanol–water partition coefficient (Wildman–Crippen LogP) is 2.25. The standard InChI is InChI=1S/C32H53N5O8/c1-20(38)27(36-30(41)28(33)37(5)31(42)45-32(2,3)4)29(40)34-22(18-19-26(43-6)44-7)14-11-17-25(39)35-24-16-10-13-21-12-8-9-15-23(21)24/h8-9,12,15,20,22,24,26-28,38H,10-11,13-14,16-19,33H2,1-7H3,(H,34,40)(H,35,39)(H,36,41)/t20-,22?,24+,27-,28+/m0/s1. The smallest absolute Gasteiger partial charge is 0.411 e. The Morgan fingerprint density at radius 3 is 2.33 bits per heavy atom. The summed E-state index contributed by atoms with van der Waals surface area (Å²) in [7, 11) is 4.34. The lowest BCUT2D eigenvalue weighted by molar-refractivity contribution is -0.134. The van der Waals surface area contributed by atoms with Gasteiger partial charge in [-0.25, -0.2) is 4.79 Å². The number of nitrogens with one attached hydrogen (secondary N) is 3. The van der Waals surface area contributed by atoms with E-state index in [9.17, 15) is 24.3 Å². The van der Waals surface area contributed by atoms with Crippen LogP contribution in [-0.2, 0) is 35.0 Å². The molecule has 1 aliphatic rings. The number of carbonyl (C=O) groups is 4. The minimum absolute atomic E-state index is 0.0155. The summed E-state index contributed by atoms with van der Waals surface area (Å²) in [5, 5.41) is 18.9. The number of hydrogen-bond donors (Lipinski definition) is 5. The number of benzene rings is 1. The van der Waals surface area contributed by atoms with Gasteiger partial charge in [-0.1, -0.05) is 24.3 Å².